The summed E-state index contributed by atoms with van der Waals surface area (Å²) in [5, 5.41) is 1.10. The Hall–Kier alpha value is -1.08. The van der Waals surface area contributed by atoms with Crippen molar-refractivity contribution in [1.82, 2.24) is 0 Å². The van der Waals surface area contributed by atoms with Gasteiger partial charge in [0.2, 0.25) is 0 Å². The van der Waals surface area contributed by atoms with Crippen molar-refractivity contribution in [3.8, 4) is 0 Å². The molecule has 1 aliphatic carbocycles. The number of carbonyl (C=O) groups is 2. The van der Waals surface area contributed by atoms with E-state index in [9.17, 15) is 9.59 Å². The number of rotatable bonds is 5. The molecule has 3 aliphatic rings. The Morgan fingerprint density at radius 1 is 1.32 bits per heavy atom. The molecule has 22 heavy (non-hydrogen) atoms. The highest BCUT2D eigenvalue weighted by Crippen LogP contribution is 2.42. The topological polar surface area (TPSA) is 74.2 Å². The van der Waals surface area contributed by atoms with Crippen LogP contribution in [0.3, 0.4) is 0 Å². The zero-order valence-corrected chi connectivity index (χ0v) is 13.6. The van der Waals surface area contributed by atoms with Gasteiger partial charge in [0.1, 0.15) is 24.2 Å². The lowest BCUT2D eigenvalue weighted by molar-refractivity contribution is -0.164. The van der Waals surface area contributed by atoms with Crippen molar-refractivity contribution in [1.29, 1.82) is 0 Å². The van der Waals surface area contributed by atoms with Gasteiger partial charge >= 0.3 is 11.9 Å². The van der Waals surface area contributed by atoms with Crippen molar-refractivity contribution in [2.75, 3.05) is 6.61 Å². The smallest absolute Gasteiger partial charge is 0.302 e. The molecule has 0 radical (unpaired) electrons. The first kappa shape index (κ1) is 15.8. The van der Waals surface area contributed by atoms with Crippen LogP contribution in [-0.4, -0.2) is 47.3 Å². The van der Waals surface area contributed by atoms with Crippen molar-refractivity contribution in [2.45, 2.75) is 63.2 Å². The number of esters is 2. The molecule has 2 heterocycles. The monoisotopic (exact) mass is 327 g/mol. The molecule has 0 aromatic rings. The maximum absolute atomic E-state index is 11.3. The Morgan fingerprint density at radius 2 is 2.09 bits per heavy atom. The number of ether oxygens (including phenoxy) is 3. The average Bonchev–Trinajstić information content (AvgIpc) is 3.13. The first-order valence-electron chi connectivity index (χ1n) is 7.70. The number of carbonyl (C=O) groups excluding carboxylic acids is 2. The van der Waals surface area contributed by atoms with Gasteiger partial charge in [0, 0.05) is 20.3 Å². The minimum atomic E-state index is -0.334. The highest BCUT2D eigenvalue weighted by molar-refractivity contribution is 8.14. The third-order valence-electron chi connectivity index (χ3n) is 3.98. The van der Waals surface area contributed by atoms with E-state index in [0.29, 0.717) is 6.42 Å². The van der Waals surface area contributed by atoms with Crippen molar-refractivity contribution >= 4 is 28.7 Å². The van der Waals surface area contributed by atoms with Crippen LogP contribution in [0.1, 0.15) is 39.5 Å². The molecule has 2 fully saturated rings. The maximum atomic E-state index is 11.3. The quantitative estimate of drug-likeness (QED) is 0.718. The van der Waals surface area contributed by atoms with Crippen molar-refractivity contribution < 1.29 is 23.8 Å². The van der Waals surface area contributed by atoms with Crippen LogP contribution >= 0.6 is 11.8 Å². The largest absolute Gasteiger partial charge is 0.463 e. The summed E-state index contributed by atoms with van der Waals surface area (Å²) in [7, 11) is 0. The predicted molar refractivity (Wildman–Crippen MR) is 81.6 cm³/mol. The minimum absolute atomic E-state index is 0.142. The van der Waals surface area contributed by atoms with E-state index in [0.717, 1.165) is 17.4 Å². The van der Waals surface area contributed by atoms with E-state index >= 15 is 0 Å². The van der Waals surface area contributed by atoms with Crippen molar-refractivity contribution in [3.63, 3.8) is 0 Å². The van der Waals surface area contributed by atoms with Gasteiger partial charge in [-0.1, -0.05) is 11.8 Å². The molecule has 0 N–H and O–H groups in total. The molecule has 1 saturated carbocycles. The van der Waals surface area contributed by atoms with E-state index in [-0.39, 0.29) is 42.2 Å². The van der Waals surface area contributed by atoms with E-state index < -0.39 is 0 Å². The highest BCUT2D eigenvalue weighted by atomic mass is 32.2. The standard InChI is InChI=1S/C15H21NO5S/c1-8(17)19-7-11-6-12(20-9(2)18)14-15(21-11)22-13(16-14)5-10-3-4-10/h10-12,14-15H,3-7H2,1-2H3/t11-,12-,14?,15?/m0/s1. The van der Waals surface area contributed by atoms with Gasteiger partial charge in [-0.15, -0.1) is 0 Å². The molecule has 122 valence electrons. The van der Waals surface area contributed by atoms with E-state index in [2.05, 4.69) is 0 Å². The molecule has 6 nitrogen and oxygen atoms in total. The van der Waals surface area contributed by atoms with Crippen molar-refractivity contribution in [3.05, 3.63) is 0 Å². The zero-order chi connectivity index (χ0) is 15.7. The van der Waals surface area contributed by atoms with Crippen LogP contribution in [-0.2, 0) is 23.8 Å². The number of nitrogens with zero attached hydrogens (tertiary/aromatic N) is 1. The highest BCUT2D eigenvalue weighted by Gasteiger charge is 2.45. The first-order valence-corrected chi connectivity index (χ1v) is 8.58. The van der Waals surface area contributed by atoms with Crippen LogP contribution in [0.15, 0.2) is 4.99 Å². The Kier molecular flexibility index (Phi) is 4.73. The van der Waals surface area contributed by atoms with E-state index in [4.69, 9.17) is 19.2 Å². The second kappa shape index (κ2) is 6.58. The summed E-state index contributed by atoms with van der Waals surface area (Å²) in [5.41, 5.74) is -0.146. The predicted octanol–water partition coefficient (Wildman–Crippen LogP) is 1.91. The van der Waals surface area contributed by atoms with Gasteiger partial charge in [-0.25, -0.2) is 0 Å². The van der Waals surface area contributed by atoms with E-state index in [1.165, 1.54) is 26.7 Å². The van der Waals surface area contributed by atoms with Gasteiger partial charge < -0.3 is 14.2 Å². The summed E-state index contributed by atoms with van der Waals surface area (Å²) in [6.07, 6.45) is 3.51. The average molecular weight is 327 g/mol. The lowest BCUT2D eigenvalue weighted by Crippen LogP contribution is -2.47. The van der Waals surface area contributed by atoms with Crippen LogP contribution in [0.4, 0.5) is 0 Å². The molecule has 1 saturated heterocycles. The Labute approximate surface area is 134 Å². The summed E-state index contributed by atoms with van der Waals surface area (Å²) < 4.78 is 16.4. The number of hydrogen-bond acceptors (Lipinski definition) is 7. The summed E-state index contributed by atoms with van der Waals surface area (Å²) in [6, 6.07) is -0.142. The fraction of sp³-hybridized carbons (Fsp3) is 0.800. The summed E-state index contributed by atoms with van der Waals surface area (Å²) in [4.78, 5) is 27.0. The fourth-order valence-electron chi connectivity index (χ4n) is 2.79. The molecule has 0 spiro atoms. The molecule has 2 unspecified atom stereocenters. The SMILES string of the molecule is CC(=O)OC[C@@H]1C[C@H](OC(C)=O)C2N=C(CC3CC3)SC2O1. The van der Waals surface area contributed by atoms with Crippen LogP contribution in [0.2, 0.25) is 0 Å². The Morgan fingerprint density at radius 3 is 2.73 bits per heavy atom. The number of hydrogen-bond donors (Lipinski definition) is 0. The zero-order valence-electron chi connectivity index (χ0n) is 12.8. The summed E-state index contributed by atoms with van der Waals surface area (Å²) >= 11 is 1.63. The third kappa shape index (κ3) is 4.01. The van der Waals surface area contributed by atoms with Gasteiger partial charge in [-0.05, 0) is 25.2 Å². The molecule has 0 amide bonds. The van der Waals surface area contributed by atoms with Gasteiger partial charge in [0.05, 0.1) is 11.1 Å². The molecule has 2 aliphatic heterocycles. The fourth-order valence-corrected chi connectivity index (χ4v) is 4.16. The summed E-state index contributed by atoms with van der Waals surface area (Å²) in [6.45, 7) is 2.97. The van der Waals surface area contributed by atoms with Crippen LogP contribution in [0, 0.1) is 5.92 Å². The maximum Gasteiger partial charge on any atom is 0.302 e. The molecular weight excluding hydrogens is 306 g/mol. The van der Waals surface area contributed by atoms with Crippen LogP contribution in [0.25, 0.3) is 0 Å². The first-order chi connectivity index (χ1) is 10.5. The van der Waals surface area contributed by atoms with Gasteiger partial charge in [-0.2, -0.15) is 0 Å². The summed E-state index contributed by atoms with van der Waals surface area (Å²) in [5.74, 6) is 0.114. The third-order valence-corrected chi connectivity index (χ3v) is 5.14. The number of thioether (sulfide) groups is 1. The Bertz CT molecular complexity index is 490. The lowest BCUT2D eigenvalue weighted by atomic mass is 10.0. The second-order valence-electron chi connectivity index (χ2n) is 6.09. The molecule has 7 heteroatoms. The van der Waals surface area contributed by atoms with Gasteiger partial charge in [0.25, 0.3) is 0 Å². The van der Waals surface area contributed by atoms with Gasteiger partial charge in [0.15, 0.2) is 0 Å². The second-order valence-corrected chi connectivity index (χ2v) is 7.26. The van der Waals surface area contributed by atoms with Crippen LogP contribution < -0.4 is 0 Å². The van der Waals surface area contributed by atoms with E-state index in [1.54, 1.807) is 11.8 Å². The number of aliphatic imine (C=N–C) groups is 1. The number of fused-ring (bicyclic) bond motifs is 1. The Balaban J connectivity index is 1.64. The molecule has 0 bridgehead atoms. The minimum Gasteiger partial charge on any atom is -0.463 e. The van der Waals surface area contributed by atoms with Gasteiger partial charge in [-0.3, -0.25) is 14.6 Å². The molecule has 3 rings (SSSR count). The molecule has 4 atom stereocenters. The van der Waals surface area contributed by atoms with E-state index in [1.807, 2.05) is 0 Å². The molecule has 0 aromatic carbocycles. The molecular formula is C15H21NO5S. The normalized spacial score (nSPS) is 33.8. The lowest BCUT2D eigenvalue weighted by Gasteiger charge is -2.35. The van der Waals surface area contributed by atoms with Crippen molar-refractivity contribution in [2.24, 2.45) is 10.9 Å². The molecule has 0 aromatic heterocycles. The van der Waals surface area contributed by atoms with Crippen LogP contribution in [0.5, 0.6) is 0 Å².